The Bertz CT molecular complexity index is 1980. The Labute approximate surface area is 640 Å². The average Bonchev–Trinajstić information content (AvgIpc) is 0.970. The van der Waals surface area contributed by atoms with E-state index < -0.39 is 26.5 Å². The maximum absolute atomic E-state index is 12.8. The number of carbonyl (C=O) groups excluding carboxylic acids is 2. The van der Waals surface area contributed by atoms with Crippen molar-refractivity contribution in [1.29, 1.82) is 0 Å². The third-order valence-electron chi connectivity index (χ3n) is 20.3. The summed E-state index contributed by atoms with van der Waals surface area (Å²) >= 11 is 0. The summed E-state index contributed by atoms with van der Waals surface area (Å²) in [5, 5.41) is 0. The van der Waals surface area contributed by atoms with Gasteiger partial charge < -0.3 is 20.1 Å². The van der Waals surface area contributed by atoms with Gasteiger partial charge in [0.1, 0.15) is 6.61 Å². The zero-order chi connectivity index (χ0) is 74.3. The fourth-order valence-electron chi connectivity index (χ4n) is 13.7. The van der Waals surface area contributed by atoms with Crippen LogP contribution in [0.15, 0.2) is 85.1 Å². The van der Waals surface area contributed by atoms with Crippen LogP contribution >= 0.6 is 7.82 Å². The molecule has 0 aromatic carbocycles. The topological polar surface area (TPSA) is 134 Å². The van der Waals surface area contributed by atoms with Gasteiger partial charge in [-0.3, -0.25) is 18.6 Å². The summed E-state index contributed by atoms with van der Waals surface area (Å²) in [4.78, 5) is 35.5. The lowest BCUT2D eigenvalue weighted by molar-refractivity contribution is -0.161. The fourth-order valence-corrected chi connectivity index (χ4v) is 14.5. The Kier molecular flexibility index (Phi) is 85.7. The number of ether oxygens (including phenoxy) is 2. The smallest absolute Gasteiger partial charge is 0.462 e. The van der Waals surface area contributed by atoms with Gasteiger partial charge in [0.2, 0.25) is 0 Å². The minimum Gasteiger partial charge on any atom is -0.462 e. The molecule has 0 radical (unpaired) electrons. The molecule has 0 amide bonds. The lowest BCUT2D eigenvalue weighted by atomic mass is 10.0. The van der Waals surface area contributed by atoms with Crippen molar-refractivity contribution in [3.05, 3.63) is 85.1 Å². The number of allylic oxidation sites excluding steroid dienone is 14. The molecule has 0 heterocycles. The standard InChI is InChI=1S/C93H172NO8P/c1-3-5-7-9-11-13-15-17-19-21-23-25-27-29-31-33-35-37-39-41-43-45-47-49-51-53-55-57-59-61-63-65-67-69-71-73-75-77-79-81-83-85-92(95)99-89-91(90-101-103(97,98)100-88-87-94)102-93(96)86-84-82-80-78-76-74-72-70-68-66-64-62-60-58-56-54-52-50-48-46-44-42-40-38-36-34-32-30-28-26-24-22-20-18-16-14-12-10-8-6-4-2/h6,8,12,14,18,20,24,26,30,32,36,38,42,44,91H,3-5,7,9-11,13,15-17,19,21-23,25,27-29,31,33-35,37,39-41,43,45-90,94H2,1-2H3,(H,97,98)/b8-6-,14-12-,20-18-,26-24-,32-30-,38-36-,44-42-. The maximum Gasteiger partial charge on any atom is 0.472 e. The van der Waals surface area contributed by atoms with Crippen LogP contribution in [0.1, 0.15) is 463 Å². The molecule has 602 valence electrons. The molecule has 103 heavy (non-hydrogen) atoms. The first kappa shape index (κ1) is 100. The molecule has 0 aliphatic rings. The van der Waals surface area contributed by atoms with Crippen LogP contribution in [0.3, 0.4) is 0 Å². The van der Waals surface area contributed by atoms with E-state index >= 15 is 0 Å². The Morgan fingerprint density at radius 3 is 0.796 bits per heavy atom. The van der Waals surface area contributed by atoms with Crippen molar-refractivity contribution in [3.63, 3.8) is 0 Å². The van der Waals surface area contributed by atoms with Crippen LogP contribution in [0.4, 0.5) is 0 Å². The highest BCUT2D eigenvalue weighted by Crippen LogP contribution is 2.43. The number of rotatable bonds is 86. The first-order valence-electron chi connectivity index (χ1n) is 45.1. The normalized spacial score (nSPS) is 13.2. The van der Waals surface area contributed by atoms with E-state index in [1.54, 1.807) is 0 Å². The van der Waals surface area contributed by atoms with Crippen molar-refractivity contribution < 1.29 is 37.6 Å². The first-order valence-corrected chi connectivity index (χ1v) is 46.6. The molecule has 0 fully saturated rings. The molecule has 0 spiro atoms. The van der Waals surface area contributed by atoms with Gasteiger partial charge in [-0.25, -0.2) is 4.57 Å². The second-order valence-electron chi connectivity index (χ2n) is 30.5. The Morgan fingerprint density at radius 2 is 0.534 bits per heavy atom. The summed E-state index contributed by atoms with van der Waals surface area (Å²) in [6.45, 7) is 3.71. The summed E-state index contributed by atoms with van der Waals surface area (Å²) in [5.74, 6) is -0.804. The van der Waals surface area contributed by atoms with Gasteiger partial charge in [-0.2, -0.15) is 0 Å². The van der Waals surface area contributed by atoms with Crippen LogP contribution < -0.4 is 5.73 Å². The Morgan fingerprint density at radius 1 is 0.301 bits per heavy atom. The predicted octanol–water partition coefficient (Wildman–Crippen LogP) is 30.8. The van der Waals surface area contributed by atoms with Gasteiger partial charge in [0.15, 0.2) is 6.10 Å². The zero-order valence-electron chi connectivity index (χ0n) is 68.3. The molecule has 2 unspecified atom stereocenters. The Balaban J connectivity index is 3.72. The SMILES string of the molecule is CC/C=C\C/C=C\C/C=C\C/C=C\C/C=C\C/C=C\C/C=C\CCCCCCCCCCCCCCCCCCCCCC(=O)OC(COC(=O)CCCCCCCCCCCCCCCCCCCCCCCCCCCCCCCCCCCCCCCCCCC)COP(=O)(O)OCCN. The van der Waals surface area contributed by atoms with Crippen molar-refractivity contribution in [3.8, 4) is 0 Å². The summed E-state index contributed by atoms with van der Waals surface area (Å²) in [6.07, 6.45) is 121. The van der Waals surface area contributed by atoms with E-state index in [0.29, 0.717) is 6.42 Å². The van der Waals surface area contributed by atoms with Crippen LogP contribution in [0.25, 0.3) is 0 Å². The summed E-state index contributed by atoms with van der Waals surface area (Å²) in [5.41, 5.74) is 5.43. The van der Waals surface area contributed by atoms with E-state index in [9.17, 15) is 19.0 Å². The first-order chi connectivity index (χ1) is 50.8. The molecule has 0 aromatic rings. The van der Waals surface area contributed by atoms with E-state index in [-0.39, 0.29) is 38.6 Å². The molecular weight excluding hydrogens is 1290 g/mol. The van der Waals surface area contributed by atoms with Crippen molar-refractivity contribution in [2.24, 2.45) is 5.73 Å². The highest BCUT2D eigenvalue weighted by molar-refractivity contribution is 7.47. The number of hydrogen-bond acceptors (Lipinski definition) is 8. The molecule has 2 atom stereocenters. The molecule has 0 saturated carbocycles. The van der Waals surface area contributed by atoms with E-state index in [2.05, 4.69) is 98.9 Å². The molecule has 9 nitrogen and oxygen atoms in total. The van der Waals surface area contributed by atoms with Gasteiger partial charge in [0.05, 0.1) is 13.2 Å². The van der Waals surface area contributed by atoms with Crippen LogP contribution in [0.2, 0.25) is 0 Å². The van der Waals surface area contributed by atoms with Crippen LogP contribution in [0.5, 0.6) is 0 Å². The number of phosphoric acid groups is 1. The Hall–Kier alpha value is -2.81. The molecule has 0 aliphatic heterocycles. The van der Waals surface area contributed by atoms with Crippen molar-refractivity contribution in [2.45, 2.75) is 469 Å². The van der Waals surface area contributed by atoms with Crippen molar-refractivity contribution in [2.75, 3.05) is 26.4 Å². The van der Waals surface area contributed by atoms with Crippen LogP contribution in [-0.4, -0.2) is 49.3 Å². The molecule has 10 heteroatoms. The van der Waals surface area contributed by atoms with E-state index in [1.165, 1.54) is 353 Å². The number of phosphoric ester groups is 1. The monoisotopic (exact) mass is 1460 g/mol. The van der Waals surface area contributed by atoms with E-state index in [1.807, 2.05) is 0 Å². The average molecular weight is 1460 g/mol. The van der Waals surface area contributed by atoms with E-state index in [0.717, 1.165) is 77.0 Å². The number of hydrogen-bond donors (Lipinski definition) is 2. The number of carbonyl (C=O) groups is 2. The van der Waals surface area contributed by atoms with Gasteiger partial charge >= 0.3 is 19.8 Å². The fraction of sp³-hybridized carbons (Fsp3) is 0.828. The third-order valence-corrected chi connectivity index (χ3v) is 21.3. The van der Waals surface area contributed by atoms with E-state index in [4.69, 9.17) is 24.3 Å². The second kappa shape index (κ2) is 88.1. The lowest BCUT2D eigenvalue weighted by Crippen LogP contribution is -2.29. The van der Waals surface area contributed by atoms with Crippen LogP contribution in [-0.2, 0) is 32.7 Å². The third kappa shape index (κ3) is 88.0. The molecule has 0 rings (SSSR count). The van der Waals surface area contributed by atoms with Gasteiger partial charge in [0, 0.05) is 19.4 Å². The lowest BCUT2D eigenvalue weighted by Gasteiger charge is -2.19. The summed E-state index contributed by atoms with van der Waals surface area (Å²) < 4.78 is 33.4. The zero-order valence-corrected chi connectivity index (χ0v) is 69.2. The summed E-state index contributed by atoms with van der Waals surface area (Å²) in [7, 11) is -4.40. The van der Waals surface area contributed by atoms with Crippen molar-refractivity contribution in [1.82, 2.24) is 0 Å². The highest BCUT2D eigenvalue weighted by Gasteiger charge is 2.26. The minimum absolute atomic E-state index is 0.0545. The minimum atomic E-state index is -4.40. The molecule has 0 bridgehead atoms. The number of unbranched alkanes of at least 4 members (excludes halogenated alkanes) is 59. The highest BCUT2D eigenvalue weighted by atomic mass is 31.2. The van der Waals surface area contributed by atoms with Gasteiger partial charge in [-0.1, -0.05) is 465 Å². The summed E-state index contributed by atoms with van der Waals surface area (Å²) in [6, 6.07) is 0. The molecule has 3 N–H and O–H groups in total. The predicted molar refractivity (Wildman–Crippen MR) is 450 cm³/mol. The molecule has 0 saturated heterocycles. The number of nitrogens with two attached hydrogens (primary N) is 1. The maximum atomic E-state index is 12.8. The number of esters is 2. The molecule has 0 aromatic heterocycles. The van der Waals surface area contributed by atoms with Crippen LogP contribution in [0, 0.1) is 0 Å². The van der Waals surface area contributed by atoms with Gasteiger partial charge in [-0.15, -0.1) is 0 Å². The molecular formula is C93H172NO8P. The van der Waals surface area contributed by atoms with Gasteiger partial charge in [0.25, 0.3) is 0 Å². The largest absolute Gasteiger partial charge is 0.472 e. The van der Waals surface area contributed by atoms with Gasteiger partial charge in [-0.05, 0) is 70.6 Å². The quantitative estimate of drug-likeness (QED) is 0.0264. The molecule has 0 aliphatic carbocycles. The second-order valence-corrected chi connectivity index (χ2v) is 31.9. The van der Waals surface area contributed by atoms with Crippen molar-refractivity contribution >= 4 is 19.8 Å².